The highest BCUT2D eigenvalue weighted by Crippen LogP contribution is 2.26. The van der Waals surface area contributed by atoms with Crippen LogP contribution in [-0.4, -0.2) is 45.5 Å². The van der Waals surface area contributed by atoms with Gasteiger partial charge in [0.25, 0.3) is 0 Å². The number of hydrogen-bond donors (Lipinski definition) is 1. The lowest BCUT2D eigenvalue weighted by Gasteiger charge is -2.23. The van der Waals surface area contributed by atoms with Gasteiger partial charge in [-0.2, -0.15) is 0 Å². The number of amides is 1. The van der Waals surface area contributed by atoms with Crippen LogP contribution in [0.3, 0.4) is 0 Å². The molecule has 5 heteroatoms. The van der Waals surface area contributed by atoms with Crippen LogP contribution in [0.2, 0.25) is 0 Å². The smallest absolute Gasteiger partial charge is 0.224 e. The van der Waals surface area contributed by atoms with E-state index in [0.29, 0.717) is 19.4 Å². The van der Waals surface area contributed by atoms with Crippen LogP contribution in [0.4, 0.5) is 0 Å². The van der Waals surface area contributed by atoms with E-state index in [1.54, 1.807) is 4.90 Å². The number of thioether (sulfide) groups is 1. The summed E-state index contributed by atoms with van der Waals surface area (Å²) in [7, 11) is 0. The SMILES string of the molecule is CC(=O)SC1CC(=O)N(C(C)CCO)C1. The lowest BCUT2D eigenvalue weighted by Crippen LogP contribution is -2.35. The highest BCUT2D eigenvalue weighted by atomic mass is 32.2. The van der Waals surface area contributed by atoms with Crippen molar-refractivity contribution in [3.8, 4) is 0 Å². The van der Waals surface area contributed by atoms with E-state index in [1.807, 2.05) is 6.92 Å². The van der Waals surface area contributed by atoms with E-state index >= 15 is 0 Å². The van der Waals surface area contributed by atoms with Crippen molar-refractivity contribution in [3.63, 3.8) is 0 Å². The van der Waals surface area contributed by atoms with Gasteiger partial charge in [-0.15, -0.1) is 0 Å². The monoisotopic (exact) mass is 231 g/mol. The van der Waals surface area contributed by atoms with Gasteiger partial charge in [-0.1, -0.05) is 11.8 Å². The lowest BCUT2D eigenvalue weighted by molar-refractivity contribution is -0.129. The minimum Gasteiger partial charge on any atom is -0.396 e. The Hall–Kier alpha value is -0.550. The van der Waals surface area contributed by atoms with E-state index in [2.05, 4.69) is 0 Å². The van der Waals surface area contributed by atoms with Crippen molar-refractivity contribution in [1.29, 1.82) is 0 Å². The topological polar surface area (TPSA) is 57.6 Å². The number of carbonyl (C=O) groups is 2. The van der Waals surface area contributed by atoms with Gasteiger partial charge in [0, 0.05) is 37.8 Å². The van der Waals surface area contributed by atoms with Gasteiger partial charge in [0.1, 0.15) is 0 Å². The number of aliphatic hydroxyl groups excluding tert-OH is 1. The number of likely N-dealkylation sites (tertiary alicyclic amines) is 1. The second kappa shape index (κ2) is 5.51. The molecular weight excluding hydrogens is 214 g/mol. The molecule has 4 nitrogen and oxygen atoms in total. The summed E-state index contributed by atoms with van der Waals surface area (Å²) >= 11 is 1.24. The maximum atomic E-state index is 11.6. The quantitative estimate of drug-likeness (QED) is 0.771. The van der Waals surface area contributed by atoms with Crippen molar-refractivity contribution in [2.75, 3.05) is 13.2 Å². The molecule has 1 aliphatic heterocycles. The van der Waals surface area contributed by atoms with Crippen LogP contribution < -0.4 is 0 Å². The molecule has 1 fully saturated rings. The van der Waals surface area contributed by atoms with Crippen molar-refractivity contribution in [3.05, 3.63) is 0 Å². The largest absolute Gasteiger partial charge is 0.396 e. The molecule has 1 heterocycles. The van der Waals surface area contributed by atoms with Crippen molar-refractivity contribution in [2.45, 2.75) is 38.0 Å². The molecule has 1 rings (SSSR count). The molecule has 1 amide bonds. The van der Waals surface area contributed by atoms with Gasteiger partial charge in [-0.25, -0.2) is 0 Å². The number of carbonyl (C=O) groups excluding carboxylic acids is 2. The van der Waals surface area contributed by atoms with Gasteiger partial charge < -0.3 is 10.0 Å². The maximum Gasteiger partial charge on any atom is 0.224 e. The summed E-state index contributed by atoms with van der Waals surface area (Å²) in [5.74, 6) is 0.0923. The molecule has 0 aliphatic carbocycles. The first-order valence-electron chi connectivity index (χ1n) is 5.12. The van der Waals surface area contributed by atoms with Crippen LogP contribution in [0.5, 0.6) is 0 Å². The van der Waals surface area contributed by atoms with Crippen molar-refractivity contribution in [2.24, 2.45) is 0 Å². The Morgan fingerprint density at radius 3 is 2.93 bits per heavy atom. The van der Waals surface area contributed by atoms with Crippen molar-refractivity contribution in [1.82, 2.24) is 4.90 Å². The summed E-state index contributed by atoms with van der Waals surface area (Å²) in [4.78, 5) is 24.3. The third-order valence-corrected chi connectivity index (χ3v) is 3.52. The molecule has 0 aromatic rings. The van der Waals surface area contributed by atoms with Crippen molar-refractivity contribution >= 4 is 22.8 Å². The summed E-state index contributed by atoms with van der Waals surface area (Å²) in [6.45, 7) is 4.17. The highest BCUT2D eigenvalue weighted by Gasteiger charge is 2.33. The third kappa shape index (κ3) is 3.50. The Bertz CT molecular complexity index is 257. The van der Waals surface area contributed by atoms with Crippen LogP contribution in [-0.2, 0) is 9.59 Å². The molecule has 1 aliphatic rings. The molecule has 1 saturated heterocycles. The van der Waals surface area contributed by atoms with Crippen LogP contribution in [0.25, 0.3) is 0 Å². The molecule has 2 atom stereocenters. The predicted octanol–water partition coefficient (Wildman–Crippen LogP) is 0.638. The molecular formula is C10H17NO3S. The Kier molecular flexibility index (Phi) is 4.60. The number of hydrogen-bond acceptors (Lipinski definition) is 4. The minimum absolute atomic E-state index is 0.0597. The first-order chi connectivity index (χ1) is 7.04. The van der Waals surface area contributed by atoms with Crippen LogP contribution in [0.1, 0.15) is 26.7 Å². The first-order valence-corrected chi connectivity index (χ1v) is 6.00. The van der Waals surface area contributed by atoms with E-state index in [-0.39, 0.29) is 28.9 Å². The van der Waals surface area contributed by atoms with Gasteiger partial charge >= 0.3 is 0 Å². The van der Waals surface area contributed by atoms with E-state index in [9.17, 15) is 9.59 Å². The molecule has 2 unspecified atom stereocenters. The fourth-order valence-corrected chi connectivity index (χ4v) is 2.71. The summed E-state index contributed by atoms with van der Waals surface area (Å²) in [5, 5.41) is 8.95. The molecule has 0 bridgehead atoms. The molecule has 0 aromatic heterocycles. The Balaban J connectivity index is 2.48. The molecule has 1 N–H and O–H groups in total. The Morgan fingerprint density at radius 2 is 2.40 bits per heavy atom. The average Bonchev–Trinajstić information content (AvgIpc) is 2.46. The van der Waals surface area contributed by atoms with E-state index in [1.165, 1.54) is 18.7 Å². The second-order valence-electron chi connectivity index (χ2n) is 3.84. The summed E-state index contributed by atoms with van der Waals surface area (Å²) < 4.78 is 0. The van der Waals surface area contributed by atoms with Gasteiger partial charge in [0.15, 0.2) is 5.12 Å². The van der Waals surface area contributed by atoms with Gasteiger partial charge in [0.05, 0.1) is 0 Å². The third-order valence-electron chi connectivity index (χ3n) is 2.53. The Labute approximate surface area is 94.0 Å². The van der Waals surface area contributed by atoms with Gasteiger partial charge in [-0.3, -0.25) is 9.59 Å². The standard InChI is InChI=1S/C10H17NO3S/c1-7(3-4-12)11-6-9(5-10(11)14)15-8(2)13/h7,9,12H,3-6H2,1-2H3. The fraction of sp³-hybridized carbons (Fsp3) is 0.800. The molecule has 0 aromatic carbocycles. The normalized spacial score (nSPS) is 23.3. The highest BCUT2D eigenvalue weighted by molar-refractivity contribution is 8.14. The summed E-state index contributed by atoms with van der Waals surface area (Å²) in [6, 6.07) is 0.0695. The molecule has 15 heavy (non-hydrogen) atoms. The maximum absolute atomic E-state index is 11.6. The van der Waals surface area contributed by atoms with Gasteiger partial charge in [-0.05, 0) is 13.3 Å². The summed E-state index contributed by atoms with van der Waals surface area (Å²) in [6.07, 6.45) is 1.04. The van der Waals surface area contributed by atoms with Gasteiger partial charge in [0.2, 0.25) is 5.91 Å². The number of aliphatic hydroxyl groups is 1. The van der Waals surface area contributed by atoms with Crippen molar-refractivity contribution < 1.29 is 14.7 Å². The molecule has 0 saturated carbocycles. The second-order valence-corrected chi connectivity index (χ2v) is 5.32. The summed E-state index contributed by atoms with van der Waals surface area (Å²) in [5.41, 5.74) is 0. The molecule has 0 spiro atoms. The zero-order valence-electron chi connectivity index (χ0n) is 9.10. The van der Waals surface area contributed by atoms with Crippen LogP contribution >= 0.6 is 11.8 Å². The van der Waals surface area contributed by atoms with E-state index < -0.39 is 0 Å². The van der Waals surface area contributed by atoms with E-state index in [0.717, 1.165) is 0 Å². The lowest BCUT2D eigenvalue weighted by atomic mass is 10.2. The fourth-order valence-electron chi connectivity index (χ4n) is 1.78. The Morgan fingerprint density at radius 1 is 1.73 bits per heavy atom. The van der Waals surface area contributed by atoms with Crippen LogP contribution in [0, 0.1) is 0 Å². The average molecular weight is 231 g/mol. The minimum atomic E-state index is 0.0597. The predicted molar refractivity (Wildman–Crippen MR) is 59.6 cm³/mol. The van der Waals surface area contributed by atoms with Crippen LogP contribution in [0.15, 0.2) is 0 Å². The zero-order valence-corrected chi connectivity index (χ0v) is 9.92. The molecule has 0 radical (unpaired) electrons. The zero-order chi connectivity index (χ0) is 11.4. The first kappa shape index (κ1) is 12.5. The molecule has 86 valence electrons. The number of rotatable bonds is 4. The number of nitrogens with zero attached hydrogens (tertiary/aromatic N) is 1. The van der Waals surface area contributed by atoms with E-state index in [4.69, 9.17) is 5.11 Å².